The van der Waals surface area contributed by atoms with Crippen LogP contribution in [0.2, 0.25) is 0 Å². The van der Waals surface area contributed by atoms with E-state index in [1.807, 2.05) is 0 Å². The van der Waals surface area contributed by atoms with E-state index in [1.165, 1.54) is 88.5 Å². The number of hydrogen-bond donors (Lipinski definition) is 2. The van der Waals surface area contributed by atoms with Crippen molar-refractivity contribution in [1.82, 2.24) is 0 Å². The molecule has 234 valence electrons. The third-order valence-corrected chi connectivity index (χ3v) is 17.0. The average molecular weight is 577 g/mol. The summed E-state index contributed by atoms with van der Waals surface area (Å²) in [5, 5.41) is 31.4. The Morgan fingerprint density at radius 2 is 0.929 bits per heavy atom. The van der Waals surface area contributed by atoms with Crippen LogP contribution in [-0.4, -0.2) is 33.8 Å². The van der Waals surface area contributed by atoms with Crippen molar-refractivity contribution in [3.63, 3.8) is 0 Å². The van der Waals surface area contributed by atoms with E-state index in [1.54, 1.807) is 0 Å². The topological polar surface area (TPSA) is 65.2 Å². The van der Waals surface area contributed by atoms with Crippen LogP contribution in [-0.2, 0) is 0 Å². The van der Waals surface area contributed by atoms with Crippen LogP contribution in [0.4, 0.5) is 0 Å². The predicted octanol–water partition coefficient (Wildman–Crippen LogP) is 8.59. The molecule has 2 unspecified atom stereocenters. The van der Waals surface area contributed by atoms with Crippen LogP contribution in [0.25, 0.3) is 0 Å². The monoisotopic (exact) mass is 576 g/mol. The van der Waals surface area contributed by atoms with Gasteiger partial charge in [-0.25, -0.2) is 0 Å². The van der Waals surface area contributed by atoms with E-state index in [0.717, 1.165) is 85.9 Å². The van der Waals surface area contributed by atoms with Gasteiger partial charge < -0.3 is 10.2 Å². The molecule has 42 heavy (non-hydrogen) atoms. The molecule has 8 aliphatic rings. The zero-order valence-electron chi connectivity index (χ0n) is 27.3. The summed E-state index contributed by atoms with van der Waals surface area (Å²) in [5.41, 5.74) is 4.28. The maximum Gasteiger partial charge on any atom is 0.0543 e. The van der Waals surface area contributed by atoms with Crippen molar-refractivity contribution in [3.8, 4) is 0 Å². The second-order valence-corrected chi connectivity index (χ2v) is 18.3. The molecule has 0 amide bonds. The first-order chi connectivity index (χ1) is 20.1. The minimum absolute atomic E-state index is 0.0516. The minimum Gasteiger partial charge on any atom is -0.393 e. The second kappa shape index (κ2) is 9.88. The number of hydrogen-bond acceptors (Lipinski definition) is 4. The molecule has 8 aliphatic carbocycles. The largest absolute Gasteiger partial charge is 0.393 e. The van der Waals surface area contributed by atoms with Gasteiger partial charge >= 0.3 is 0 Å². The van der Waals surface area contributed by atoms with E-state index in [2.05, 4.69) is 27.7 Å². The summed E-state index contributed by atoms with van der Waals surface area (Å²) in [6.45, 7) is 10.4. The molecule has 0 saturated heterocycles. The van der Waals surface area contributed by atoms with Gasteiger partial charge in [0.25, 0.3) is 0 Å². The molecule has 8 saturated carbocycles. The highest BCUT2D eigenvalue weighted by Gasteiger charge is 2.61. The lowest BCUT2D eigenvalue weighted by Gasteiger charge is -2.60. The standard InChI is InChI=1S/C38H60N2O2/c1-35-17-13-25(41)21-23(35)5-7-27-29-9-11-33(37(29,3)19-15-31(27)35)39-40-34-12-10-30-28-8-6-24-22-26(42)14-18-36(24,2)32(28)16-20-38(30,34)4/h23-32,41-42H,5-22H2,1-4H3/b39-33-,40-34+/t23?,24?,25-,26-,27-,28-,29-,30-,31-,32-,35-,36-,37-,38-/m0/s1. The van der Waals surface area contributed by atoms with Crippen molar-refractivity contribution in [1.29, 1.82) is 0 Å². The van der Waals surface area contributed by atoms with Crippen LogP contribution in [0.15, 0.2) is 10.2 Å². The highest BCUT2D eigenvalue weighted by Crippen LogP contribution is 2.67. The Morgan fingerprint density at radius 3 is 1.36 bits per heavy atom. The minimum atomic E-state index is -0.0516. The van der Waals surface area contributed by atoms with Crippen molar-refractivity contribution in [2.24, 2.45) is 79.2 Å². The van der Waals surface area contributed by atoms with Gasteiger partial charge in [0.05, 0.1) is 12.2 Å². The summed E-state index contributed by atoms with van der Waals surface area (Å²) in [5.74, 6) is 6.44. The highest BCUT2D eigenvalue weighted by atomic mass is 16.3. The van der Waals surface area contributed by atoms with E-state index < -0.39 is 0 Å². The van der Waals surface area contributed by atoms with Crippen LogP contribution in [0, 0.1) is 69.0 Å². The number of nitrogens with zero attached hydrogens (tertiary/aromatic N) is 2. The SMILES string of the molecule is C[C@]12CC[C@H](O)CC1CC[C@@H]1[C@@H]2CC[C@]2(C)/C(=N\N=C3/CC[C@H]4[C@@H]5CCC6C[C@@H](O)CC[C@]6(C)[C@H]5CC[C@]34C)CC[C@@H]12. The van der Waals surface area contributed by atoms with Gasteiger partial charge in [0.1, 0.15) is 0 Å². The van der Waals surface area contributed by atoms with E-state index in [4.69, 9.17) is 10.2 Å². The molecule has 0 heterocycles. The average Bonchev–Trinajstić information content (AvgIpc) is 3.48. The molecule has 2 N–H and O–H groups in total. The summed E-state index contributed by atoms with van der Waals surface area (Å²) >= 11 is 0. The van der Waals surface area contributed by atoms with Gasteiger partial charge in [-0.1, -0.05) is 27.7 Å². The number of fused-ring (bicyclic) bond motifs is 10. The van der Waals surface area contributed by atoms with E-state index in [-0.39, 0.29) is 23.0 Å². The van der Waals surface area contributed by atoms with Crippen LogP contribution in [0.5, 0.6) is 0 Å². The summed E-state index contributed by atoms with van der Waals surface area (Å²) in [4.78, 5) is 0. The van der Waals surface area contributed by atoms with Crippen LogP contribution < -0.4 is 0 Å². The molecule has 0 bridgehead atoms. The molecule has 0 aromatic carbocycles. The van der Waals surface area contributed by atoms with Crippen molar-refractivity contribution in [2.75, 3.05) is 0 Å². The summed E-state index contributed by atoms with van der Waals surface area (Å²) in [6.07, 6.45) is 22.2. The van der Waals surface area contributed by atoms with Crippen LogP contribution >= 0.6 is 0 Å². The predicted molar refractivity (Wildman–Crippen MR) is 170 cm³/mol. The van der Waals surface area contributed by atoms with Crippen molar-refractivity contribution in [2.45, 2.75) is 155 Å². The van der Waals surface area contributed by atoms with Crippen molar-refractivity contribution < 1.29 is 10.2 Å². The van der Waals surface area contributed by atoms with Crippen LogP contribution in [0.1, 0.15) is 143 Å². The van der Waals surface area contributed by atoms with Gasteiger partial charge in [-0.2, -0.15) is 10.2 Å². The Morgan fingerprint density at radius 1 is 0.500 bits per heavy atom. The fourth-order valence-electron chi connectivity index (χ4n) is 14.5. The van der Waals surface area contributed by atoms with Crippen molar-refractivity contribution in [3.05, 3.63) is 0 Å². The van der Waals surface area contributed by atoms with Gasteiger partial charge in [-0.3, -0.25) is 0 Å². The van der Waals surface area contributed by atoms with Gasteiger partial charge in [0, 0.05) is 22.3 Å². The Hall–Kier alpha value is -0.740. The maximum atomic E-state index is 10.4. The summed E-state index contributed by atoms with van der Waals surface area (Å²) in [7, 11) is 0. The maximum absolute atomic E-state index is 10.4. The third kappa shape index (κ3) is 3.97. The molecule has 0 aromatic heterocycles. The zero-order chi connectivity index (χ0) is 29.1. The fraction of sp³-hybridized carbons (Fsp3) is 0.947. The molecular formula is C38H60N2O2. The van der Waals surface area contributed by atoms with E-state index in [9.17, 15) is 10.2 Å². The molecule has 8 rings (SSSR count). The molecule has 0 aromatic rings. The quantitative estimate of drug-likeness (QED) is 0.307. The molecule has 14 atom stereocenters. The van der Waals surface area contributed by atoms with Crippen molar-refractivity contribution >= 4 is 11.4 Å². The number of aliphatic hydroxyl groups excluding tert-OH is 2. The lowest BCUT2D eigenvalue weighted by Crippen LogP contribution is -2.54. The molecule has 4 heteroatoms. The molecule has 4 nitrogen and oxygen atoms in total. The lowest BCUT2D eigenvalue weighted by molar-refractivity contribution is -0.114. The second-order valence-electron chi connectivity index (χ2n) is 18.3. The van der Waals surface area contributed by atoms with Gasteiger partial charge in [0.15, 0.2) is 0 Å². The smallest absolute Gasteiger partial charge is 0.0543 e. The first-order valence-electron chi connectivity index (χ1n) is 18.6. The first kappa shape index (κ1) is 28.7. The molecule has 0 aliphatic heterocycles. The highest BCUT2D eigenvalue weighted by molar-refractivity contribution is 5.95. The van der Waals surface area contributed by atoms with Crippen LogP contribution in [0.3, 0.4) is 0 Å². The third-order valence-electron chi connectivity index (χ3n) is 17.0. The Bertz CT molecular complexity index is 1060. The van der Waals surface area contributed by atoms with Gasteiger partial charge in [-0.15, -0.1) is 0 Å². The normalized spacial score (nSPS) is 58.9. The molecule has 0 spiro atoms. The molecular weight excluding hydrogens is 516 g/mol. The Kier molecular flexibility index (Phi) is 6.75. The summed E-state index contributed by atoms with van der Waals surface area (Å²) < 4.78 is 0. The van der Waals surface area contributed by atoms with Gasteiger partial charge in [-0.05, 0) is 174 Å². The first-order valence-corrected chi connectivity index (χ1v) is 18.6. The number of aliphatic hydroxyl groups is 2. The van der Waals surface area contributed by atoms with E-state index >= 15 is 0 Å². The number of rotatable bonds is 1. The zero-order valence-corrected chi connectivity index (χ0v) is 27.3. The Balaban J connectivity index is 1.00. The fourth-order valence-corrected chi connectivity index (χ4v) is 14.5. The molecule has 8 fully saturated rings. The van der Waals surface area contributed by atoms with Gasteiger partial charge in [0.2, 0.25) is 0 Å². The summed E-state index contributed by atoms with van der Waals surface area (Å²) in [6, 6.07) is 0. The van der Waals surface area contributed by atoms with E-state index in [0.29, 0.717) is 10.8 Å². The Labute approximate surface area is 256 Å². The lowest BCUT2D eigenvalue weighted by atomic mass is 9.45. The molecule has 0 radical (unpaired) electrons.